The summed E-state index contributed by atoms with van der Waals surface area (Å²) in [5.74, 6) is 1.56. The zero-order valence-electron chi connectivity index (χ0n) is 16.9. The van der Waals surface area contributed by atoms with Gasteiger partial charge in [0.25, 0.3) is 5.91 Å². The summed E-state index contributed by atoms with van der Waals surface area (Å²) in [6, 6.07) is 9.42. The van der Waals surface area contributed by atoms with E-state index in [1.165, 1.54) is 12.8 Å². The van der Waals surface area contributed by atoms with Gasteiger partial charge in [-0.2, -0.15) is 0 Å². The van der Waals surface area contributed by atoms with E-state index in [0.29, 0.717) is 11.3 Å². The number of hydrogen-bond donors (Lipinski definition) is 2. The molecule has 1 amide bonds. The molecular weight excluding hydrogens is 396 g/mol. The van der Waals surface area contributed by atoms with Crippen LogP contribution in [0.4, 0.5) is 11.5 Å². The van der Waals surface area contributed by atoms with Crippen LogP contribution >= 0.6 is 11.3 Å². The number of rotatable bonds is 4. The Morgan fingerprint density at radius 2 is 1.97 bits per heavy atom. The second kappa shape index (κ2) is 7.53. The number of benzene rings is 1. The molecule has 4 aromatic rings. The van der Waals surface area contributed by atoms with Crippen molar-refractivity contribution in [2.45, 2.75) is 26.7 Å². The second-order valence-corrected chi connectivity index (χ2v) is 8.72. The molecule has 0 radical (unpaired) electrons. The number of imidazole rings is 1. The molecule has 0 unspecified atom stereocenters. The number of aryl methyl sites for hydroxylation is 2. The van der Waals surface area contributed by atoms with Gasteiger partial charge in [0.1, 0.15) is 5.82 Å². The highest BCUT2D eigenvalue weighted by atomic mass is 32.1. The van der Waals surface area contributed by atoms with Crippen LogP contribution in [0, 0.1) is 13.8 Å². The molecule has 5 rings (SSSR count). The number of pyridine rings is 1. The Labute approximate surface area is 178 Å². The Morgan fingerprint density at radius 3 is 2.67 bits per heavy atom. The highest BCUT2D eigenvalue weighted by Gasteiger charge is 2.15. The first-order valence-corrected chi connectivity index (χ1v) is 10.8. The van der Waals surface area contributed by atoms with E-state index in [9.17, 15) is 4.79 Å². The van der Waals surface area contributed by atoms with Crippen LogP contribution in [0.3, 0.4) is 0 Å². The predicted molar refractivity (Wildman–Crippen MR) is 120 cm³/mol. The molecule has 152 valence electrons. The first-order chi connectivity index (χ1) is 14.6. The number of nitrogens with zero attached hydrogens (tertiary/aromatic N) is 4. The van der Waals surface area contributed by atoms with Crippen molar-refractivity contribution in [1.82, 2.24) is 19.9 Å². The van der Waals surface area contributed by atoms with E-state index in [2.05, 4.69) is 30.2 Å². The first kappa shape index (κ1) is 18.7. The van der Waals surface area contributed by atoms with Gasteiger partial charge in [-0.25, -0.2) is 15.0 Å². The molecule has 0 saturated carbocycles. The largest absolute Gasteiger partial charge is 0.357 e. The lowest BCUT2D eigenvalue weighted by Crippen LogP contribution is -2.19. The Balaban J connectivity index is 1.34. The van der Waals surface area contributed by atoms with Crippen molar-refractivity contribution >= 4 is 39.8 Å². The van der Waals surface area contributed by atoms with Gasteiger partial charge in [0.05, 0.1) is 32.2 Å². The third-order valence-corrected chi connectivity index (χ3v) is 6.38. The minimum Gasteiger partial charge on any atom is -0.357 e. The predicted octanol–water partition coefficient (Wildman–Crippen LogP) is 4.55. The van der Waals surface area contributed by atoms with Crippen LogP contribution in [0.25, 0.3) is 21.7 Å². The average Bonchev–Trinajstić information content (AvgIpc) is 3.47. The van der Waals surface area contributed by atoms with Crippen molar-refractivity contribution in [2.24, 2.45) is 0 Å². The van der Waals surface area contributed by atoms with Crippen molar-refractivity contribution in [3.63, 3.8) is 0 Å². The molecule has 1 aliphatic heterocycles. The molecule has 0 aliphatic carbocycles. The molecule has 30 heavy (non-hydrogen) atoms. The number of thiazole rings is 1. The SMILES string of the molecule is Cc1nc(C)c(-c2nc3ccc(NC(=O)c4ccc(N5CCCC5)nc4)cc3[nH]2)s1. The average molecular weight is 419 g/mol. The van der Waals surface area contributed by atoms with Crippen LogP contribution in [-0.4, -0.2) is 38.9 Å². The number of hydrogen-bond acceptors (Lipinski definition) is 6. The minimum atomic E-state index is -0.177. The summed E-state index contributed by atoms with van der Waals surface area (Å²) in [5, 5.41) is 3.97. The third kappa shape index (κ3) is 3.54. The number of aromatic amines is 1. The molecule has 8 heteroatoms. The Morgan fingerprint density at radius 1 is 1.13 bits per heavy atom. The minimum absolute atomic E-state index is 0.177. The highest BCUT2D eigenvalue weighted by Crippen LogP contribution is 2.30. The highest BCUT2D eigenvalue weighted by molar-refractivity contribution is 7.15. The van der Waals surface area contributed by atoms with E-state index < -0.39 is 0 Å². The lowest BCUT2D eigenvalue weighted by atomic mass is 10.2. The van der Waals surface area contributed by atoms with Crippen LogP contribution in [0.5, 0.6) is 0 Å². The Kier molecular flexibility index (Phi) is 4.71. The van der Waals surface area contributed by atoms with Crippen molar-refractivity contribution in [3.8, 4) is 10.7 Å². The van der Waals surface area contributed by atoms with E-state index in [1.54, 1.807) is 17.5 Å². The third-order valence-electron chi connectivity index (χ3n) is 5.30. The van der Waals surface area contributed by atoms with Crippen LogP contribution in [0.1, 0.15) is 33.9 Å². The number of fused-ring (bicyclic) bond motifs is 1. The van der Waals surface area contributed by atoms with Gasteiger partial charge in [0.2, 0.25) is 0 Å². The lowest BCUT2D eigenvalue weighted by Gasteiger charge is -2.16. The fourth-order valence-corrected chi connectivity index (χ4v) is 4.67. The Hall–Kier alpha value is -3.26. The van der Waals surface area contributed by atoms with Gasteiger partial charge in [-0.3, -0.25) is 4.79 Å². The maximum absolute atomic E-state index is 12.7. The van der Waals surface area contributed by atoms with Crippen molar-refractivity contribution in [1.29, 1.82) is 0 Å². The number of anilines is 2. The maximum Gasteiger partial charge on any atom is 0.257 e. The van der Waals surface area contributed by atoms with Gasteiger partial charge in [0, 0.05) is 25.0 Å². The summed E-state index contributed by atoms with van der Waals surface area (Å²) in [7, 11) is 0. The topological polar surface area (TPSA) is 86.8 Å². The summed E-state index contributed by atoms with van der Waals surface area (Å²) in [4.78, 5) is 32.9. The van der Waals surface area contributed by atoms with E-state index in [4.69, 9.17) is 0 Å². The first-order valence-electron chi connectivity index (χ1n) is 10.0. The Bertz CT molecular complexity index is 1220. The number of aromatic nitrogens is 4. The van der Waals surface area contributed by atoms with E-state index in [-0.39, 0.29) is 5.91 Å². The van der Waals surface area contributed by atoms with Crippen molar-refractivity contribution in [3.05, 3.63) is 52.8 Å². The summed E-state index contributed by atoms with van der Waals surface area (Å²) < 4.78 is 0. The van der Waals surface area contributed by atoms with Crippen LogP contribution in [0.15, 0.2) is 36.5 Å². The molecular formula is C22H22N6OS. The summed E-state index contributed by atoms with van der Waals surface area (Å²) in [6.07, 6.45) is 4.04. The molecule has 1 fully saturated rings. The number of amides is 1. The normalized spacial score (nSPS) is 13.9. The van der Waals surface area contributed by atoms with E-state index in [0.717, 1.165) is 51.3 Å². The maximum atomic E-state index is 12.7. The van der Waals surface area contributed by atoms with Gasteiger partial charge in [-0.05, 0) is 57.0 Å². The summed E-state index contributed by atoms with van der Waals surface area (Å²) >= 11 is 1.62. The van der Waals surface area contributed by atoms with Gasteiger partial charge >= 0.3 is 0 Å². The van der Waals surface area contributed by atoms with E-state index in [1.807, 2.05) is 44.2 Å². The monoisotopic (exact) mass is 418 g/mol. The smallest absolute Gasteiger partial charge is 0.257 e. The number of carbonyl (C=O) groups excluding carboxylic acids is 1. The van der Waals surface area contributed by atoms with Crippen LogP contribution in [0.2, 0.25) is 0 Å². The molecule has 1 aliphatic rings. The van der Waals surface area contributed by atoms with Crippen molar-refractivity contribution < 1.29 is 4.79 Å². The fourth-order valence-electron chi connectivity index (χ4n) is 3.80. The molecule has 0 spiro atoms. The summed E-state index contributed by atoms with van der Waals surface area (Å²) in [6.45, 7) is 6.04. The number of nitrogens with one attached hydrogen (secondary N) is 2. The van der Waals surface area contributed by atoms with E-state index >= 15 is 0 Å². The zero-order valence-corrected chi connectivity index (χ0v) is 17.7. The quantitative estimate of drug-likeness (QED) is 0.508. The van der Waals surface area contributed by atoms with Gasteiger partial charge in [0.15, 0.2) is 5.82 Å². The number of H-pyrrole nitrogens is 1. The summed E-state index contributed by atoms with van der Waals surface area (Å²) in [5.41, 5.74) is 3.94. The number of carbonyl (C=O) groups is 1. The fraction of sp³-hybridized carbons (Fsp3) is 0.273. The molecule has 2 N–H and O–H groups in total. The molecule has 1 aromatic carbocycles. The van der Waals surface area contributed by atoms with Crippen LogP contribution in [-0.2, 0) is 0 Å². The van der Waals surface area contributed by atoms with Gasteiger partial charge in [-0.15, -0.1) is 11.3 Å². The molecule has 0 bridgehead atoms. The molecule has 7 nitrogen and oxygen atoms in total. The van der Waals surface area contributed by atoms with Crippen molar-refractivity contribution in [2.75, 3.05) is 23.3 Å². The molecule has 0 atom stereocenters. The molecule has 1 saturated heterocycles. The standard InChI is InChI=1S/C22H22N6OS/c1-13-20(30-14(2)24-13)21-26-17-7-6-16(11-18(17)27-21)25-22(29)15-5-8-19(23-12-15)28-9-3-4-10-28/h5-8,11-12H,3-4,9-10H2,1-2H3,(H,25,29)(H,26,27). The molecule has 3 aromatic heterocycles. The zero-order chi connectivity index (χ0) is 20.7. The molecule has 4 heterocycles. The lowest BCUT2D eigenvalue weighted by molar-refractivity contribution is 0.102. The van der Waals surface area contributed by atoms with Crippen LogP contribution < -0.4 is 10.2 Å². The second-order valence-electron chi connectivity index (χ2n) is 7.52. The van der Waals surface area contributed by atoms with Gasteiger partial charge < -0.3 is 15.2 Å². The van der Waals surface area contributed by atoms with Gasteiger partial charge in [-0.1, -0.05) is 0 Å².